The molecule has 4 heteroatoms. The molecular weight excluding hydrogens is 269 g/mol. The SMILES string of the molecule is CC(NCc1ccccc1CC(=O)O)c1ccc(F)cc1. The van der Waals surface area contributed by atoms with Gasteiger partial charge < -0.3 is 10.4 Å². The fraction of sp³-hybridized carbons (Fsp3) is 0.235. The Hall–Kier alpha value is -2.20. The van der Waals surface area contributed by atoms with Crippen LogP contribution in [0, 0.1) is 5.82 Å². The van der Waals surface area contributed by atoms with Gasteiger partial charge in [-0.05, 0) is 35.7 Å². The summed E-state index contributed by atoms with van der Waals surface area (Å²) in [6.45, 7) is 2.56. The molecule has 1 atom stereocenters. The van der Waals surface area contributed by atoms with Crippen molar-refractivity contribution in [3.05, 3.63) is 71.0 Å². The highest BCUT2D eigenvalue weighted by Crippen LogP contribution is 2.15. The number of hydrogen-bond acceptors (Lipinski definition) is 2. The molecule has 0 saturated heterocycles. The topological polar surface area (TPSA) is 49.3 Å². The van der Waals surface area contributed by atoms with Gasteiger partial charge in [0, 0.05) is 12.6 Å². The maximum absolute atomic E-state index is 12.9. The van der Waals surface area contributed by atoms with Crippen LogP contribution in [-0.4, -0.2) is 11.1 Å². The van der Waals surface area contributed by atoms with Crippen LogP contribution in [0.3, 0.4) is 0 Å². The van der Waals surface area contributed by atoms with Crippen LogP contribution >= 0.6 is 0 Å². The zero-order chi connectivity index (χ0) is 15.2. The van der Waals surface area contributed by atoms with Gasteiger partial charge in [0.15, 0.2) is 0 Å². The van der Waals surface area contributed by atoms with E-state index in [1.807, 2.05) is 31.2 Å². The van der Waals surface area contributed by atoms with E-state index in [1.165, 1.54) is 12.1 Å². The summed E-state index contributed by atoms with van der Waals surface area (Å²) >= 11 is 0. The minimum atomic E-state index is -0.839. The predicted molar refractivity (Wildman–Crippen MR) is 79.4 cm³/mol. The quantitative estimate of drug-likeness (QED) is 0.857. The van der Waals surface area contributed by atoms with Crippen molar-refractivity contribution in [3.8, 4) is 0 Å². The Morgan fingerprint density at radius 1 is 1.14 bits per heavy atom. The van der Waals surface area contributed by atoms with E-state index in [4.69, 9.17) is 5.11 Å². The number of carboxylic acids is 1. The fourth-order valence-corrected chi connectivity index (χ4v) is 2.20. The third-order valence-corrected chi connectivity index (χ3v) is 3.43. The van der Waals surface area contributed by atoms with Gasteiger partial charge in [0.25, 0.3) is 0 Å². The Bertz CT molecular complexity index is 610. The molecule has 0 aromatic heterocycles. The first-order valence-electron chi connectivity index (χ1n) is 6.83. The van der Waals surface area contributed by atoms with Crippen LogP contribution in [0.25, 0.3) is 0 Å². The molecule has 0 spiro atoms. The van der Waals surface area contributed by atoms with Crippen molar-refractivity contribution in [1.29, 1.82) is 0 Å². The molecule has 1 unspecified atom stereocenters. The molecule has 0 bridgehead atoms. The molecule has 0 aliphatic heterocycles. The Morgan fingerprint density at radius 2 is 1.76 bits per heavy atom. The number of aliphatic carboxylic acids is 1. The normalized spacial score (nSPS) is 12.1. The Balaban J connectivity index is 2.02. The molecule has 0 heterocycles. The second-order valence-corrected chi connectivity index (χ2v) is 4.99. The lowest BCUT2D eigenvalue weighted by atomic mass is 10.0. The van der Waals surface area contributed by atoms with E-state index in [-0.39, 0.29) is 18.3 Å². The lowest BCUT2D eigenvalue weighted by Crippen LogP contribution is -2.19. The average molecular weight is 287 g/mol. The third kappa shape index (κ3) is 4.39. The minimum absolute atomic E-state index is 0.0166. The molecule has 3 nitrogen and oxygen atoms in total. The zero-order valence-corrected chi connectivity index (χ0v) is 11.8. The van der Waals surface area contributed by atoms with Crippen LogP contribution in [-0.2, 0) is 17.8 Å². The van der Waals surface area contributed by atoms with E-state index in [0.717, 1.165) is 16.7 Å². The number of hydrogen-bond donors (Lipinski definition) is 2. The third-order valence-electron chi connectivity index (χ3n) is 3.43. The van der Waals surface area contributed by atoms with Gasteiger partial charge >= 0.3 is 5.97 Å². The first-order valence-corrected chi connectivity index (χ1v) is 6.83. The summed E-state index contributed by atoms with van der Waals surface area (Å²) in [6, 6.07) is 13.9. The molecule has 0 radical (unpaired) electrons. The van der Waals surface area contributed by atoms with Gasteiger partial charge in [-0.15, -0.1) is 0 Å². The largest absolute Gasteiger partial charge is 0.481 e. The van der Waals surface area contributed by atoms with Gasteiger partial charge in [-0.1, -0.05) is 36.4 Å². The summed E-state index contributed by atoms with van der Waals surface area (Å²) in [7, 11) is 0. The first kappa shape index (κ1) is 15.2. The fourth-order valence-electron chi connectivity index (χ4n) is 2.20. The number of rotatable bonds is 6. The number of halogens is 1. The average Bonchev–Trinajstić information content (AvgIpc) is 2.46. The highest BCUT2D eigenvalue weighted by molar-refractivity contribution is 5.70. The Morgan fingerprint density at radius 3 is 2.38 bits per heavy atom. The van der Waals surface area contributed by atoms with Gasteiger partial charge in [0.05, 0.1) is 6.42 Å². The van der Waals surface area contributed by atoms with Crippen LogP contribution in [0.4, 0.5) is 4.39 Å². The van der Waals surface area contributed by atoms with Crippen molar-refractivity contribution in [2.24, 2.45) is 0 Å². The molecule has 0 aliphatic carbocycles. The lowest BCUT2D eigenvalue weighted by molar-refractivity contribution is -0.136. The molecule has 0 saturated carbocycles. The van der Waals surface area contributed by atoms with Gasteiger partial charge in [-0.2, -0.15) is 0 Å². The van der Waals surface area contributed by atoms with E-state index in [0.29, 0.717) is 6.54 Å². The molecule has 2 aromatic rings. The van der Waals surface area contributed by atoms with Crippen LogP contribution in [0.1, 0.15) is 29.7 Å². The number of carboxylic acid groups (broad SMARTS) is 1. The van der Waals surface area contributed by atoms with E-state index >= 15 is 0 Å². The maximum atomic E-state index is 12.9. The smallest absolute Gasteiger partial charge is 0.307 e. The van der Waals surface area contributed by atoms with E-state index < -0.39 is 5.97 Å². The van der Waals surface area contributed by atoms with E-state index in [2.05, 4.69) is 5.32 Å². The standard InChI is InChI=1S/C17H18FNO2/c1-12(13-6-8-16(18)9-7-13)19-11-15-5-3-2-4-14(15)10-17(20)21/h2-9,12,19H,10-11H2,1H3,(H,20,21). The molecule has 21 heavy (non-hydrogen) atoms. The van der Waals surface area contributed by atoms with Crippen molar-refractivity contribution < 1.29 is 14.3 Å². The van der Waals surface area contributed by atoms with Crippen molar-refractivity contribution in [2.45, 2.75) is 25.9 Å². The van der Waals surface area contributed by atoms with Crippen LogP contribution in [0.2, 0.25) is 0 Å². The molecule has 2 rings (SSSR count). The lowest BCUT2D eigenvalue weighted by Gasteiger charge is -2.16. The Labute approximate surface area is 123 Å². The molecular formula is C17H18FNO2. The minimum Gasteiger partial charge on any atom is -0.481 e. The second-order valence-electron chi connectivity index (χ2n) is 4.99. The molecule has 110 valence electrons. The number of nitrogens with one attached hydrogen (secondary N) is 1. The monoisotopic (exact) mass is 287 g/mol. The first-order chi connectivity index (χ1) is 10.1. The van der Waals surface area contributed by atoms with Crippen LogP contribution in [0.5, 0.6) is 0 Å². The van der Waals surface area contributed by atoms with E-state index in [1.54, 1.807) is 12.1 Å². The van der Waals surface area contributed by atoms with Crippen LogP contribution in [0.15, 0.2) is 48.5 Å². The summed E-state index contributed by atoms with van der Waals surface area (Å²) in [6.07, 6.45) is 0.0166. The molecule has 0 amide bonds. The number of benzene rings is 2. The van der Waals surface area contributed by atoms with Gasteiger partial charge in [0.1, 0.15) is 5.82 Å². The highest BCUT2D eigenvalue weighted by atomic mass is 19.1. The summed E-state index contributed by atoms with van der Waals surface area (Å²) in [5.74, 6) is -1.09. The molecule has 0 aliphatic rings. The second kappa shape index (κ2) is 6.99. The maximum Gasteiger partial charge on any atom is 0.307 e. The van der Waals surface area contributed by atoms with Gasteiger partial charge in [-0.25, -0.2) is 4.39 Å². The summed E-state index contributed by atoms with van der Waals surface area (Å²) < 4.78 is 12.9. The van der Waals surface area contributed by atoms with Crippen molar-refractivity contribution in [2.75, 3.05) is 0 Å². The van der Waals surface area contributed by atoms with Crippen molar-refractivity contribution in [1.82, 2.24) is 5.32 Å². The van der Waals surface area contributed by atoms with Gasteiger partial charge in [-0.3, -0.25) is 4.79 Å². The summed E-state index contributed by atoms with van der Waals surface area (Å²) in [5, 5.41) is 12.2. The number of carbonyl (C=O) groups is 1. The Kier molecular flexibility index (Phi) is 5.06. The van der Waals surface area contributed by atoms with Crippen molar-refractivity contribution in [3.63, 3.8) is 0 Å². The molecule has 2 N–H and O–H groups in total. The van der Waals surface area contributed by atoms with Gasteiger partial charge in [0.2, 0.25) is 0 Å². The predicted octanol–water partition coefficient (Wildman–Crippen LogP) is 3.30. The molecule has 0 fully saturated rings. The molecule has 2 aromatic carbocycles. The van der Waals surface area contributed by atoms with Crippen LogP contribution < -0.4 is 5.32 Å². The summed E-state index contributed by atoms with van der Waals surface area (Å²) in [4.78, 5) is 10.9. The highest BCUT2D eigenvalue weighted by Gasteiger charge is 2.09. The summed E-state index contributed by atoms with van der Waals surface area (Å²) in [5.41, 5.74) is 2.77. The van der Waals surface area contributed by atoms with E-state index in [9.17, 15) is 9.18 Å². The van der Waals surface area contributed by atoms with Crippen molar-refractivity contribution >= 4 is 5.97 Å². The zero-order valence-electron chi connectivity index (χ0n) is 11.8.